The highest BCUT2D eigenvalue weighted by atomic mass is 16.7. The van der Waals surface area contributed by atoms with Crippen molar-refractivity contribution in [3.05, 3.63) is 0 Å². The molecule has 0 aromatic heterocycles. The maximum Gasteiger partial charge on any atom is 0.217 e. The standard InChI is InChI=1S/C14H25NO11/c1-4(18)15-7-10(21)8(19)5(2-16)25-14(7)26-12-9(20)6(3-17)24-13(23)11(12)22/h5-14,16-17,19-23H,2-3H2,1H3,(H,15,18)/t5-,6+,7-,8-,9-,10-,11+,12-,13+,14+/m1/s1. The Balaban J connectivity index is 2.22. The molecule has 12 heteroatoms. The van der Waals surface area contributed by atoms with Crippen molar-refractivity contribution >= 4 is 5.91 Å². The van der Waals surface area contributed by atoms with E-state index in [1.54, 1.807) is 0 Å². The predicted molar refractivity (Wildman–Crippen MR) is 80.2 cm³/mol. The molecule has 0 spiro atoms. The third-order valence-electron chi connectivity index (χ3n) is 4.38. The summed E-state index contributed by atoms with van der Waals surface area (Å²) in [6, 6.07) is -1.29. The summed E-state index contributed by atoms with van der Waals surface area (Å²) in [5.41, 5.74) is 0. The highest BCUT2D eigenvalue weighted by Gasteiger charge is 2.50. The van der Waals surface area contributed by atoms with E-state index in [4.69, 9.17) is 14.2 Å². The van der Waals surface area contributed by atoms with Crippen molar-refractivity contribution in [3.8, 4) is 0 Å². The Morgan fingerprint density at radius 1 is 0.923 bits per heavy atom. The van der Waals surface area contributed by atoms with Crippen molar-refractivity contribution in [1.82, 2.24) is 5.32 Å². The van der Waals surface area contributed by atoms with Gasteiger partial charge >= 0.3 is 0 Å². The van der Waals surface area contributed by atoms with Crippen LogP contribution in [0.15, 0.2) is 0 Å². The summed E-state index contributed by atoms with van der Waals surface area (Å²) in [5, 5.41) is 70.8. The largest absolute Gasteiger partial charge is 0.394 e. The Bertz CT molecular complexity index is 480. The summed E-state index contributed by atoms with van der Waals surface area (Å²) in [4.78, 5) is 11.4. The van der Waals surface area contributed by atoms with E-state index in [1.807, 2.05) is 0 Å². The molecule has 2 aliphatic heterocycles. The molecule has 2 aliphatic rings. The maximum atomic E-state index is 11.4. The predicted octanol–water partition coefficient (Wildman–Crippen LogP) is -5.25. The summed E-state index contributed by atoms with van der Waals surface area (Å²) in [6.07, 6.45) is -13.7. The summed E-state index contributed by atoms with van der Waals surface area (Å²) in [6.45, 7) is -0.199. The number of carbonyl (C=O) groups excluding carboxylic acids is 1. The van der Waals surface area contributed by atoms with Crippen LogP contribution in [0.1, 0.15) is 6.92 Å². The van der Waals surface area contributed by atoms with Gasteiger partial charge in [-0.15, -0.1) is 0 Å². The third kappa shape index (κ3) is 4.31. The molecule has 26 heavy (non-hydrogen) atoms. The molecule has 12 nitrogen and oxygen atoms in total. The van der Waals surface area contributed by atoms with Gasteiger partial charge in [-0.2, -0.15) is 0 Å². The highest BCUT2D eigenvalue weighted by molar-refractivity contribution is 5.73. The Morgan fingerprint density at radius 3 is 2.04 bits per heavy atom. The SMILES string of the molecule is CC(=O)N[C@H]1[C@H](O[C@@H]2[C@H](O)[C@H](CO)O[C@H](O)[C@H]2O)O[C@H](CO)[C@@H](O)[C@@H]1O. The molecule has 2 rings (SSSR count). The van der Waals surface area contributed by atoms with Crippen LogP contribution < -0.4 is 5.32 Å². The van der Waals surface area contributed by atoms with Gasteiger partial charge in [0.2, 0.25) is 5.91 Å². The minimum atomic E-state index is -1.77. The highest BCUT2D eigenvalue weighted by Crippen LogP contribution is 2.28. The first-order chi connectivity index (χ1) is 12.2. The molecule has 8 N–H and O–H groups in total. The molecule has 152 valence electrons. The first-order valence-electron chi connectivity index (χ1n) is 8.06. The molecule has 0 unspecified atom stereocenters. The number of aliphatic hydroxyl groups is 7. The zero-order valence-electron chi connectivity index (χ0n) is 14.0. The lowest BCUT2D eigenvalue weighted by Gasteiger charge is -2.46. The van der Waals surface area contributed by atoms with E-state index in [-0.39, 0.29) is 0 Å². The lowest BCUT2D eigenvalue weighted by Crippen LogP contribution is -2.67. The van der Waals surface area contributed by atoms with Crippen molar-refractivity contribution in [2.24, 2.45) is 0 Å². The van der Waals surface area contributed by atoms with Gasteiger partial charge in [0.05, 0.1) is 13.2 Å². The lowest BCUT2D eigenvalue weighted by molar-refractivity contribution is -0.341. The van der Waals surface area contributed by atoms with Crippen LogP contribution in [-0.2, 0) is 19.0 Å². The van der Waals surface area contributed by atoms with Gasteiger partial charge in [0.1, 0.15) is 48.8 Å². The van der Waals surface area contributed by atoms with Crippen LogP contribution >= 0.6 is 0 Å². The van der Waals surface area contributed by atoms with Crippen molar-refractivity contribution in [1.29, 1.82) is 0 Å². The van der Waals surface area contributed by atoms with Crippen LogP contribution in [0.3, 0.4) is 0 Å². The quantitative estimate of drug-likeness (QED) is 0.226. The minimum Gasteiger partial charge on any atom is -0.394 e. The minimum absolute atomic E-state index is 0.581. The van der Waals surface area contributed by atoms with Crippen molar-refractivity contribution < 1.29 is 54.8 Å². The van der Waals surface area contributed by atoms with Crippen LogP contribution in [0, 0.1) is 0 Å². The molecule has 0 aromatic carbocycles. The van der Waals surface area contributed by atoms with Gasteiger partial charge in [-0.1, -0.05) is 0 Å². The summed E-state index contributed by atoms with van der Waals surface area (Å²) < 4.78 is 15.6. The monoisotopic (exact) mass is 383 g/mol. The van der Waals surface area contributed by atoms with Crippen molar-refractivity contribution in [2.75, 3.05) is 13.2 Å². The Morgan fingerprint density at radius 2 is 1.50 bits per heavy atom. The maximum absolute atomic E-state index is 11.4. The first-order valence-corrected chi connectivity index (χ1v) is 8.06. The molecular weight excluding hydrogens is 358 g/mol. The van der Waals surface area contributed by atoms with E-state index in [0.29, 0.717) is 0 Å². The van der Waals surface area contributed by atoms with E-state index in [9.17, 15) is 40.5 Å². The normalized spacial score (nSPS) is 46.8. The van der Waals surface area contributed by atoms with Crippen molar-refractivity contribution in [2.45, 2.75) is 68.3 Å². The smallest absolute Gasteiger partial charge is 0.217 e. The second kappa shape index (κ2) is 8.84. The number of amides is 1. The van der Waals surface area contributed by atoms with E-state index in [2.05, 4.69) is 5.32 Å². The molecule has 0 aliphatic carbocycles. The molecule has 2 fully saturated rings. The van der Waals surface area contributed by atoms with Gasteiger partial charge in [0, 0.05) is 6.92 Å². The fourth-order valence-corrected chi connectivity index (χ4v) is 2.97. The molecule has 10 atom stereocenters. The van der Waals surface area contributed by atoms with Crippen LogP contribution in [0.5, 0.6) is 0 Å². The van der Waals surface area contributed by atoms with E-state index in [0.717, 1.165) is 6.92 Å². The molecular formula is C14H25NO11. The van der Waals surface area contributed by atoms with Crippen LogP contribution in [0.4, 0.5) is 0 Å². The average Bonchev–Trinajstić information content (AvgIpc) is 2.60. The number of hydrogen-bond donors (Lipinski definition) is 8. The number of hydrogen-bond acceptors (Lipinski definition) is 11. The van der Waals surface area contributed by atoms with E-state index >= 15 is 0 Å². The molecule has 0 saturated carbocycles. The Labute approximate surface area is 148 Å². The second-order valence-corrected chi connectivity index (χ2v) is 6.26. The van der Waals surface area contributed by atoms with Crippen LogP contribution in [0.25, 0.3) is 0 Å². The average molecular weight is 383 g/mol. The van der Waals surface area contributed by atoms with Crippen LogP contribution in [-0.4, -0.2) is 116 Å². The zero-order chi connectivity index (χ0) is 19.6. The molecule has 0 aromatic rings. The summed E-state index contributed by atoms with van der Waals surface area (Å²) >= 11 is 0. The molecule has 1 amide bonds. The lowest BCUT2D eigenvalue weighted by atomic mass is 9.95. The van der Waals surface area contributed by atoms with Gasteiger partial charge in [0.15, 0.2) is 12.6 Å². The van der Waals surface area contributed by atoms with Crippen LogP contribution in [0.2, 0.25) is 0 Å². The fraction of sp³-hybridized carbons (Fsp3) is 0.929. The van der Waals surface area contributed by atoms with Gasteiger partial charge < -0.3 is 55.3 Å². The van der Waals surface area contributed by atoms with E-state index < -0.39 is 80.5 Å². The summed E-state index contributed by atoms with van der Waals surface area (Å²) in [7, 11) is 0. The van der Waals surface area contributed by atoms with Gasteiger partial charge in [-0.25, -0.2) is 0 Å². The topological polar surface area (TPSA) is 198 Å². The Kier molecular flexibility index (Phi) is 7.27. The van der Waals surface area contributed by atoms with Gasteiger partial charge in [-0.05, 0) is 0 Å². The molecule has 0 bridgehead atoms. The molecule has 2 saturated heterocycles. The van der Waals surface area contributed by atoms with Gasteiger partial charge in [-0.3, -0.25) is 4.79 Å². The van der Waals surface area contributed by atoms with Gasteiger partial charge in [0.25, 0.3) is 0 Å². The zero-order valence-corrected chi connectivity index (χ0v) is 14.0. The number of rotatable bonds is 5. The molecule has 2 heterocycles. The fourth-order valence-electron chi connectivity index (χ4n) is 2.97. The number of aliphatic hydroxyl groups excluding tert-OH is 7. The second-order valence-electron chi connectivity index (χ2n) is 6.26. The number of carbonyl (C=O) groups is 1. The number of ether oxygens (including phenoxy) is 3. The summed E-state index contributed by atoms with van der Waals surface area (Å²) in [5.74, 6) is -0.581. The van der Waals surface area contributed by atoms with Crippen molar-refractivity contribution in [3.63, 3.8) is 0 Å². The first kappa shape index (κ1) is 21.4. The third-order valence-corrected chi connectivity index (χ3v) is 4.38. The van der Waals surface area contributed by atoms with E-state index in [1.165, 1.54) is 0 Å². The number of nitrogens with one attached hydrogen (secondary N) is 1. The molecule has 0 radical (unpaired) electrons. The Hall–Kier alpha value is -0.930.